The lowest BCUT2D eigenvalue weighted by atomic mass is 9.92. The Morgan fingerprint density at radius 1 is 1.23 bits per heavy atom. The summed E-state index contributed by atoms with van der Waals surface area (Å²) in [6.45, 7) is 0.218. The Bertz CT molecular complexity index is 180. The van der Waals surface area contributed by atoms with Crippen molar-refractivity contribution in [3.8, 4) is 0 Å². The maximum atomic E-state index is 9.71. The van der Waals surface area contributed by atoms with E-state index < -0.39 is 0 Å². The van der Waals surface area contributed by atoms with E-state index in [1.54, 1.807) is 0 Å². The Balaban J connectivity index is 1.85. The Morgan fingerprint density at radius 2 is 1.92 bits per heavy atom. The second-order valence-electron chi connectivity index (χ2n) is 4.54. The zero-order valence-corrected chi connectivity index (χ0v) is 8.00. The number of aliphatic hydroxyl groups is 2. The van der Waals surface area contributed by atoms with Crippen LogP contribution < -0.4 is 5.32 Å². The van der Waals surface area contributed by atoms with Crippen LogP contribution in [-0.4, -0.2) is 34.5 Å². The van der Waals surface area contributed by atoms with Gasteiger partial charge in [-0.2, -0.15) is 0 Å². The van der Waals surface area contributed by atoms with Crippen LogP contribution in [0.25, 0.3) is 0 Å². The standard InChI is InChI=1S/C10H19NO2/c12-7-10(5-6-10)11-8-3-1-2-4-9(8)13/h8-9,11-13H,1-7H2. The van der Waals surface area contributed by atoms with E-state index in [4.69, 9.17) is 5.11 Å². The van der Waals surface area contributed by atoms with E-state index in [2.05, 4.69) is 5.32 Å². The fourth-order valence-corrected chi connectivity index (χ4v) is 2.17. The highest BCUT2D eigenvalue weighted by Crippen LogP contribution is 2.36. The Hall–Kier alpha value is -0.120. The molecule has 0 aliphatic heterocycles. The van der Waals surface area contributed by atoms with Gasteiger partial charge >= 0.3 is 0 Å². The van der Waals surface area contributed by atoms with Crippen molar-refractivity contribution in [3.63, 3.8) is 0 Å². The first-order valence-electron chi connectivity index (χ1n) is 5.32. The highest BCUT2D eigenvalue weighted by atomic mass is 16.3. The minimum Gasteiger partial charge on any atom is -0.394 e. The van der Waals surface area contributed by atoms with Gasteiger partial charge in [0.15, 0.2) is 0 Å². The second kappa shape index (κ2) is 3.56. The van der Waals surface area contributed by atoms with Gasteiger partial charge in [-0.05, 0) is 25.7 Å². The van der Waals surface area contributed by atoms with E-state index >= 15 is 0 Å². The Morgan fingerprint density at radius 3 is 2.46 bits per heavy atom. The molecule has 76 valence electrons. The summed E-state index contributed by atoms with van der Waals surface area (Å²) in [5.41, 5.74) is -0.0248. The van der Waals surface area contributed by atoms with Crippen molar-refractivity contribution in [1.82, 2.24) is 5.32 Å². The number of rotatable bonds is 3. The minimum absolute atomic E-state index is 0.0248. The second-order valence-corrected chi connectivity index (χ2v) is 4.54. The molecule has 2 unspecified atom stereocenters. The van der Waals surface area contributed by atoms with Crippen molar-refractivity contribution in [2.24, 2.45) is 0 Å². The maximum absolute atomic E-state index is 9.71. The van der Waals surface area contributed by atoms with Gasteiger partial charge in [0.25, 0.3) is 0 Å². The first-order chi connectivity index (χ1) is 6.26. The van der Waals surface area contributed by atoms with Crippen LogP contribution in [0.15, 0.2) is 0 Å². The zero-order valence-electron chi connectivity index (χ0n) is 8.00. The first-order valence-corrected chi connectivity index (χ1v) is 5.32. The van der Waals surface area contributed by atoms with Crippen LogP contribution in [-0.2, 0) is 0 Å². The zero-order chi connectivity index (χ0) is 9.31. The van der Waals surface area contributed by atoms with E-state index in [-0.39, 0.29) is 24.3 Å². The topological polar surface area (TPSA) is 52.5 Å². The van der Waals surface area contributed by atoms with Crippen LogP contribution in [0, 0.1) is 0 Å². The van der Waals surface area contributed by atoms with Gasteiger partial charge in [0.2, 0.25) is 0 Å². The predicted octanol–water partition coefficient (Wildman–Crippen LogP) is 0.404. The molecule has 0 aromatic carbocycles. The predicted molar refractivity (Wildman–Crippen MR) is 50.4 cm³/mol. The maximum Gasteiger partial charge on any atom is 0.0693 e. The summed E-state index contributed by atoms with van der Waals surface area (Å²) in [5, 5.41) is 22.2. The third kappa shape index (κ3) is 2.03. The van der Waals surface area contributed by atoms with Gasteiger partial charge < -0.3 is 15.5 Å². The fourth-order valence-electron chi connectivity index (χ4n) is 2.17. The molecule has 0 heterocycles. The molecule has 0 saturated heterocycles. The molecule has 3 heteroatoms. The summed E-state index contributed by atoms with van der Waals surface area (Å²) in [6.07, 6.45) is 6.25. The quantitative estimate of drug-likeness (QED) is 0.596. The normalized spacial score (nSPS) is 37.4. The molecule has 2 rings (SSSR count). The number of aliphatic hydroxyl groups excluding tert-OH is 2. The molecule has 2 atom stereocenters. The van der Waals surface area contributed by atoms with Gasteiger partial charge in [0.05, 0.1) is 12.7 Å². The number of hydrogen-bond acceptors (Lipinski definition) is 3. The highest BCUT2D eigenvalue weighted by Gasteiger charge is 2.44. The molecule has 13 heavy (non-hydrogen) atoms. The number of nitrogens with one attached hydrogen (secondary N) is 1. The summed E-state index contributed by atoms with van der Waals surface area (Å²) < 4.78 is 0. The molecule has 2 saturated carbocycles. The van der Waals surface area contributed by atoms with Gasteiger partial charge in [0.1, 0.15) is 0 Å². The van der Waals surface area contributed by atoms with Crippen molar-refractivity contribution in [2.75, 3.05) is 6.61 Å². The van der Waals surface area contributed by atoms with Gasteiger partial charge in [0, 0.05) is 11.6 Å². The minimum atomic E-state index is -0.197. The van der Waals surface area contributed by atoms with E-state index in [9.17, 15) is 5.11 Å². The SMILES string of the molecule is OCC1(NC2CCCCC2O)CC1. The molecule has 0 bridgehead atoms. The molecule has 0 spiro atoms. The lowest BCUT2D eigenvalue weighted by molar-refractivity contribution is 0.0750. The first kappa shape index (κ1) is 9.44. The molecule has 2 aliphatic carbocycles. The summed E-state index contributed by atoms with van der Waals surface area (Å²) in [5.74, 6) is 0. The molecular formula is C10H19NO2. The van der Waals surface area contributed by atoms with Crippen molar-refractivity contribution in [2.45, 2.75) is 56.2 Å². The molecule has 3 nitrogen and oxygen atoms in total. The highest BCUT2D eigenvalue weighted by molar-refractivity contribution is 5.04. The van der Waals surface area contributed by atoms with Gasteiger partial charge in [-0.25, -0.2) is 0 Å². The van der Waals surface area contributed by atoms with E-state index in [0.717, 1.165) is 32.1 Å². The van der Waals surface area contributed by atoms with Crippen molar-refractivity contribution in [1.29, 1.82) is 0 Å². The smallest absolute Gasteiger partial charge is 0.0693 e. The van der Waals surface area contributed by atoms with Crippen LogP contribution in [0.1, 0.15) is 38.5 Å². The molecule has 0 radical (unpaired) electrons. The van der Waals surface area contributed by atoms with Crippen LogP contribution in [0.5, 0.6) is 0 Å². The third-order valence-corrected chi connectivity index (χ3v) is 3.38. The molecule has 0 amide bonds. The lowest BCUT2D eigenvalue weighted by Gasteiger charge is -2.31. The van der Waals surface area contributed by atoms with Gasteiger partial charge in [-0.1, -0.05) is 12.8 Å². The van der Waals surface area contributed by atoms with E-state index in [0.29, 0.717) is 0 Å². The third-order valence-electron chi connectivity index (χ3n) is 3.38. The summed E-state index contributed by atoms with van der Waals surface area (Å²) in [7, 11) is 0. The molecular weight excluding hydrogens is 166 g/mol. The van der Waals surface area contributed by atoms with Crippen molar-refractivity contribution >= 4 is 0 Å². The summed E-state index contributed by atoms with van der Waals surface area (Å²) in [6, 6.07) is 0.225. The van der Waals surface area contributed by atoms with E-state index in [1.165, 1.54) is 6.42 Å². The molecule has 0 aromatic rings. The number of hydrogen-bond donors (Lipinski definition) is 3. The van der Waals surface area contributed by atoms with Crippen molar-refractivity contribution in [3.05, 3.63) is 0 Å². The van der Waals surface area contributed by atoms with Crippen LogP contribution in [0.2, 0.25) is 0 Å². The van der Waals surface area contributed by atoms with E-state index in [1.807, 2.05) is 0 Å². The Labute approximate surface area is 79.2 Å². The largest absolute Gasteiger partial charge is 0.394 e. The molecule has 2 fully saturated rings. The van der Waals surface area contributed by atoms with Gasteiger partial charge in [-0.3, -0.25) is 0 Å². The van der Waals surface area contributed by atoms with Gasteiger partial charge in [-0.15, -0.1) is 0 Å². The molecule has 0 aromatic heterocycles. The average Bonchev–Trinajstić information content (AvgIpc) is 2.90. The average molecular weight is 185 g/mol. The lowest BCUT2D eigenvalue weighted by Crippen LogP contribution is -2.49. The van der Waals surface area contributed by atoms with Crippen LogP contribution >= 0.6 is 0 Å². The molecule has 2 aliphatic rings. The Kier molecular flexibility index (Phi) is 2.58. The van der Waals surface area contributed by atoms with Crippen LogP contribution in [0.4, 0.5) is 0 Å². The fraction of sp³-hybridized carbons (Fsp3) is 1.00. The van der Waals surface area contributed by atoms with Crippen molar-refractivity contribution < 1.29 is 10.2 Å². The molecule has 3 N–H and O–H groups in total. The summed E-state index contributed by atoms with van der Waals surface area (Å²) in [4.78, 5) is 0. The monoisotopic (exact) mass is 185 g/mol. The van der Waals surface area contributed by atoms with Crippen LogP contribution in [0.3, 0.4) is 0 Å². The summed E-state index contributed by atoms with van der Waals surface area (Å²) >= 11 is 0.